The summed E-state index contributed by atoms with van der Waals surface area (Å²) in [6.45, 7) is 0.0267. The number of aromatic amines is 1. The van der Waals surface area contributed by atoms with Gasteiger partial charge < -0.3 is 14.2 Å². The summed E-state index contributed by atoms with van der Waals surface area (Å²) < 4.78 is 17.0. The van der Waals surface area contributed by atoms with Gasteiger partial charge in [-0.25, -0.2) is 9.67 Å². The first kappa shape index (κ1) is 20.3. The van der Waals surface area contributed by atoms with Gasteiger partial charge in [0.2, 0.25) is 0 Å². The summed E-state index contributed by atoms with van der Waals surface area (Å²) >= 11 is 1.39. The highest BCUT2D eigenvalue weighted by atomic mass is 32.1. The van der Waals surface area contributed by atoms with Crippen LogP contribution in [0.1, 0.15) is 12.1 Å². The van der Waals surface area contributed by atoms with Gasteiger partial charge in [0.1, 0.15) is 11.6 Å². The van der Waals surface area contributed by atoms with E-state index in [1.165, 1.54) is 11.3 Å². The lowest BCUT2D eigenvalue weighted by atomic mass is 10.2. The monoisotopic (exact) mass is 417 g/mol. The quantitative estimate of drug-likeness (QED) is 0.556. The molecule has 10 heteroatoms. The first-order valence-electron chi connectivity index (χ1n) is 8.63. The van der Waals surface area contributed by atoms with E-state index >= 15 is 0 Å². The first-order chi connectivity index (χ1) is 14.0. The van der Waals surface area contributed by atoms with Gasteiger partial charge in [-0.3, -0.25) is 19.5 Å². The molecule has 0 saturated heterocycles. The van der Waals surface area contributed by atoms with E-state index in [9.17, 15) is 14.4 Å². The Labute approximate surface area is 169 Å². The van der Waals surface area contributed by atoms with Crippen LogP contribution in [-0.2, 0) is 22.7 Å². The number of nitrogens with one attached hydrogen (secondary N) is 1. The molecule has 0 spiro atoms. The van der Waals surface area contributed by atoms with Gasteiger partial charge in [-0.1, -0.05) is 6.07 Å². The number of hydrogen-bond acceptors (Lipinski definition) is 8. The summed E-state index contributed by atoms with van der Waals surface area (Å²) in [4.78, 5) is 39.3. The Morgan fingerprint density at radius 2 is 2.00 bits per heavy atom. The van der Waals surface area contributed by atoms with Crippen LogP contribution in [0.3, 0.4) is 0 Å². The van der Waals surface area contributed by atoms with Crippen molar-refractivity contribution in [2.24, 2.45) is 0 Å². The zero-order chi connectivity index (χ0) is 20.8. The molecule has 0 unspecified atom stereocenters. The van der Waals surface area contributed by atoms with Gasteiger partial charge in [0.25, 0.3) is 11.1 Å². The van der Waals surface area contributed by atoms with Crippen molar-refractivity contribution >= 4 is 17.3 Å². The van der Waals surface area contributed by atoms with Crippen molar-refractivity contribution in [1.29, 1.82) is 0 Å². The number of thiazole rings is 1. The molecule has 0 saturated carbocycles. The van der Waals surface area contributed by atoms with Gasteiger partial charge in [-0.2, -0.15) is 0 Å². The minimum absolute atomic E-state index is 0.00181. The number of aromatic nitrogens is 3. The molecule has 0 amide bonds. The summed E-state index contributed by atoms with van der Waals surface area (Å²) in [6, 6.07) is 7.79. The third kappa shape index (κ3) is 4.91. The summed E-state index contributed by atoms with van der Waals surface area (Å²) in [6.07, 6.45) is -0.0550. The van der Waals surface area contributed by atoms with Gasteiger partial charge in [0, 0.05) is 17.5 Å². The van der Waals surface area contributed by atoms with E-state index in [-0.39, 0.29) is 19.6 Å². The van der Waals surface area contributed by atoms with Crippen LogP contribution in [0.5, 0.6) is 11.5 Å². The molecule has 2 heterocycles. The lowest BCUT2D eigenvalue weighted by Crippen LogP contribution is -2.29. The smallest absolute Gasteiger partial charge is 0.308 e. The number of H-pyrrole nitrogens is 1. The topological polar surface area (TPSA) is 113 Å². The van der Waals surface area contributed by atoms with Crippen molar-refractivity contribution in [2.45, 2.75) is 19.6 Å². The maximum absolute atomic E-state index is 12.0. The Kier molecular flexibility index (Phi) is 6.45. The molecule has 0 radical (unpaired) electrons. The molecule has 0 aliphatic heterocycles. The third-order valence-electron chi connectivity index (χ3n) is 3.99. The Balaban J connectivity index is 1.61. The lowest BCUT2D eigenvalue weighted by molar-refractivity contribution is -0.145. The largest absolute Gasteiger partial charge is 0.493 e. The van der Waals surface area contributed by atoms with Crippen molar-refractivity contribution in [1.82, 2.24) is 14.8 Å². The van der Waals surface area contributed by atoms with Crippen LogP contribution in [0.2, 0.25) is 0 Å². The molecular formula is C19H19N3O6S. The van der Waals surface area contributed by atoms with Crippen LogP contribution in [0.15, 0.2) is 45.3 Å². The summed E-state index contributed by atoms with van der Waals surface area (Å²) in [5.41, 5.74) is 0.560. The Hall–Kier alpha value is -3.40. The van der Waals surface area contributed by atoms with Gasteiger partial charge >= 0.3 is 5.97 Å². The van der Waals surface area contributed by atoms with Gasteiger partial charge in [0.15, 0.2) is 11.5 Å². The van der Waals surface area contributed by atoms with Crippen molar-refractivity contribution in [2.75, 3.05) is 14.2 Å². The summed E-state index contributed by atoms with van der Waals surface area (Å²) in [5, 5.41) is 4.86. The van der Waals surface area contributed by atoms with Crippen LogP contribution in [0.25, 0.3) is 10.6 Å². The predicted molar refractivity (Wildman–Crippen MR) is 106 cm³/mol. The van der Waals surface area contributed by atoms with E-state index in [0.29, 0.717) is 22.2 Å². The van der Waals surface area contributed by atoms with Crippen molar-refractivity contribution in [3.63, 3.8) is 0 Å². The molecule has 0 aliphatic carbocycles. The first-order valence-corrected chi connectivity index (χ1v) is 9.51. The van der Waals surface area contributed by atoms with Gasteiger partial charge in [-0.15, -0.1) is 11.3 Å². The van der Waals surface area contributed by atoms with Crippen molar-refractivity contribution < 1.29 is 19.0 Å². The Morgan fingerprint density at radius 1 is 1.17 bits per heavy atom. The highest BCUT2D eigenvalue weighted by Gasteiger charge is 2.15. The molecule has 0 aliphatic rings. The molecule has 3 rings (SSSR count). The predicted octanol–water partition coefficient (Wildman–Crippen LogP) is 1.81. The Morgan fingerprint density at radius 3 is 2.76 bits per heavy atom. The SMILES string of the molecule is COc1cccc(-c2nc(COC(=O)CCn3[nH]c(=O)ccc3=O)cs2)c1OC. The number of benzene rings is 1. The number of carbonyl (C=O) groups excluding carboxylic acids is 1. The zero-order valence-corrected chi connectivity index (χ0v) is 16.7. The molecule has 3 aromatic rings. The fraction of sp³-hybridized carbons (Fsp3) is 0.263. The molecule has 9 nitrogen and oxygen atoms in total. The zero-order valence-electron chi connectivity index (χ0n) is 15.8. The number of methoxy groups -OCH3 is 2. The van der Waals surface area contributed by atoms with E-state index in [4.69, 9.17) is 14.2 Å². The Bertz CT molecular complexity index is 1120. The molecule has 2 aromatic heterocycles. The molecule has 1 aromatic carbocycles. The van der Waals surface area contributed by atoms with Crippen LogP contribution >= 0.6 is 11.3 Å². The minimum Gasteiger partial charge on any atom is -0.493 e. The van der Waals surface area contributed by atoms with Crippen LogP contribution in [0, 0.1) is 0 Å². The standard InChI is InChI=1S/C19H19N3O6S/c1-26-14-5-3-4-13(18(14)27-2)19-20-12(11-29-19)10-28-17(25)8-9-22-16(24)7-6-15(23)21-22/h3-7,11H,8-10H2,1-2H3,(H,21,23). The number of nitrogens with zero attached hydrogens (tertiary/aromatic N) is 2. The second-order valence-corrected chi connectivity index (χ2v) is 6.75. The molecule has 0 bridgehead atoms. The number of aryl methyl sites for hydroxylation is 1. The molecule has 152 valence electrons. The number of rotatable bonds is 8. The number of carbonyl (C=O) groups is 1. The fourth-order valence-corrected chi connectivity index (χ4v) is 3.44. The number of para-hydroxylation sites is 1. The normalized spacial score (nSPS) is 10.6. The maximum atomic E-state index is 12.0. The highest BCUT2D eigenvalue weighted by Crippen LogP contribution is 2.38. The van der Waals surface area contributed by atoms with Crippen LogP contribution < -0.4 is 20.6 Å². The fourth-order valence-electron chi connectivity index (χ4n) is 2.61. The summed E-state index contributed by atoms with van der Waals surface area (Å²) in [7, 11) is 3.12. The van der Waals surface area contributed by atoms with E-state index < -0.39 is 17.1 Å². The second kappa shape index (κ2) is 9.20. The lowest BCUT2D eigenvalue weighted by Gasteiger charge is -2.10. The maximum Gasteiger partial charge on any atom is 0.308 e. The van der Waals surface area contributed by atoms with E-state index in [1.807, 2.05) is 12.1 Å². The van der Waals surface area contributed by atoms with E-state index in [1.54, 1.807) is 25.7 Å². The van der Waals surface area contributed by atoms with Crippen molar-refractivity contribution in [3.05, 3.63) is 62.1 Å². The molecule has 0 fully saturated rings. The number of hydrogen-bond donors (Lipinski definition) is 1. The summed E-state index contributed by atoms with van der Waals surface area (Å²) in [5.74, 6) is 0.674. The molecule has 0 atom stereocenters. The second-order valence-electron chi connectivity index (χ2n) is 5.90. The van der Waals surface area contributed by atoms with Gasteiger partial charge in [-0.05, 0) is 12.1 Å². The number of esters is 1. The highest BCUT2D eigenvalue weighted by molar-refractivity contribution is 7.13. The average Bonchev–Trinajstić information content (AvgIpc) is 3.21. The third-order valence-corrected chi connectivity index (χ3v) is 4.92. The molecule has 1 N–H and O–H groups in total. The molecule has 29 heavy (non-hydrogen) atoms. The average molecular weight is 417 g/mol. The van der Waals surface area contributed by atoms with Crippen LogP contribution in [-0.4, -0.2) is 35.0 Å². The number of ether oxygens (including phenoxy) is 3. The molecular weight excluding hydrogens is 398 g/mol. The van der Waals surface area contributed by atoms with E-state index in [2.05, 4.69) is 10.1 Å². The van der Waals surface area contributed by atoms with E-state index in [0.717, 1.165) is 22.4 Å². The minimum atomic E-state index is -0.505. The van der Waals surface area contributed by atoms with Crippen LogP contribution in [0.4, 0.5) is 0 Å². The van der Waals surface area contributed by atoms with Gasteiger partial charge in [0.05, 0.1) is 38.4 Å². The van der Waals surface area contributed by atoms with Crippen molar-refractivity contribution in [3.8, 4) is 22.1 Å².